The number of primary amides is 1. The predicted octanol–water partition coefficient (Wildman–Crippen LogP) is 1.28. The number of amides is 1. The highest BCUT2D eigenvalue weighted by Gasteiger charge is 2.18. The van der Waals surface area contributed by atoms with Crippen molar-refractivity contribution in [3.8, 4) is 0 Å². The molecule has 4 heteroatoms. The minimum absolute atomic E-state index is 0.209. The number of hydrogen-bond donors (Lipinski definition) is 2. The Balaban J connectivity index is 2.91. The molecular weight excluding hydrogens is 214 g/mol. The smallest absolute Gasteiger partial charge is 0.239 e. The number of nitrogens with zero attached hydrogens (tertiary/aromatic N) is 1. The van der Waals surface area contributed by atoms with Crippen molar-refractivity contribution < 1.29 is 4.79 Å². The summed E-state index contributed by atoms with van der Waals surface area (Å²) in [4.78, 5) is 13.4. The van der Waals surface area contributed by atoms with Crippen molar-refractivity contribution in [2.24, 2.45) is 5.73 Å². The van der Waals surface area contributed by atoms with E-state index in [9.17, 15) is 4.79 Å². The molecule has 94 valence electrons. The zero-order valence-electron chi connectivity index (χ0n) is 10.9. The molecule has 0 spiro atoms. The summed E-state index contributed by atoms with van der Waals surface area (Å²) >= 11 is 0. The molecule has 4 nitrogen and oxygen atoms in total. The number of hydrogen-bond acceptors (Lipinski definition) is 3. The summed E-state index contributed by atoms with van der Waals surface area (Å²) in [5.41, 5.74) is 7.40. The normalized spacial score (nSPS) is 12.5. The number of carbonyl (C=O) groups is 1. The van der Waals surface area contributed by atoms with Crippen LogP contribution in [0.5, 0.6) is 0 Å². The van der Waals surface area contributed by atoms with E-state index >= 15 is 0 Å². The van der Waals surface area contributed by atoms with E-state index in [-0.39, 0.29) is 11.9 Å². The molecule has 0 aliphatic rings. The lowest BCUT2D eigenvalue weighted by molar-refractivity contribution is -0.120. The molecule has 0 aliphatic heterocycles. The average Bonchev–Trinajstić information content (AvgIpc) is 2.25. The molecular formula is C13H21N3O. The molecule has 0 fully saturated rings. The van der Waals surface area contributed by atoms with Gasteiger partial charge >= 0.3 is 0 Å². The van der Waals surface area contributed by atoms with Crippen LogP contribution in [0.15, 0.2) is 24.3 Å². The molecule has 1 aromatic carbocycles. The zero-order chi connectivity index (χ0) is 13.0. The van der Waals surface area contributed by atoms with Crippen LogP contribution < -0.4 is 16.0 Å². The van der Waals surface area contributed by atoms with Gasteiger partial charge in [-0.3, -0.25) is 10.1 Å². The maximum absolute atomic E-state index is 11.4. The fraction of sp³-hybridized carbons (Fsp3) is 0.462. The molecule has 0 heterocycles. The van der Waals surface area contributed by atoms with Gasteiger partial charge < -0.3 is 10.6 Å². The highest BCUT2D eigenvalue weighted by Crippen LogP contribution is 2.18. The van der Waals surface area contributed by atoms with Crippen molar-refractivity contribution in [3.63, 3.8) is 0 Å². The van der Waals surface area contributed by atoms with Gasteiger partial charge in [-0.2, -0.15) is 0 Å². The lowest BCUT2D eigenvalue weighted by Crippen LogP contribution is -2.37. The first-order chi connectivity index (χ1) is 7.91. The summed E-state index contributed by atoms with van der Waals surface area (Å²) in [5.74, 6) is -0.351. The van der Waals surface area contributed by atoms with Gasteiger partial charge in [-0.15, -0.1) is 0 Å². The molecule has 1 amide bonds. The molecule has 1 rings (SSSR count). The van der Waals surface area contributed by atoms with E-state index in [1.807, 2.05) is 57.1 Å². The second-order valence-corrected chi connectivity index (χ2v) is 4.64. The van der Waals surface area contributed by atoms with Gasteiger partial charge in [-0.1, -0.05) is 12.1 Å². The number of benzene rings is 1. The highest BCUT2D eigenvalue weighted by molar-refractivity contribution is 5.81. The van der Waals surface area contributed by atoms with Gasteiger partial charge in [0, 0.05) is 25.8 Å². The van der Waals surface area contributed by atoms with Gasteiger partial charge in [0.25, 0.3) is 0 Å². The van der Waals surface area contributed by atoms with Gasteiger partial charge in [-0.25, -0.2) is 0 Å². The Morgan fingerprint density at radius 3 is 2.12 bits per heavy atom. The van der Waals surface area contributed by atoms with E-state index in [2.05, 4.69) is 5.32 Å². The van der Waals surface area contributed by atoms with Crippen molar-refractivity contribution in [1.29, 1.82) is 0 Å². The summed E-state index contributed by atoms with van der Waals surface area (Å²) in [7, 11) is 3.96. The molecule has 1 unspecified atom stereocenters. The van der Waals surface area contributed by atoms with Gasteiger partial charge in [-0.05, 0) is 31.5 Å². The van der Waals surface area contributed by atoms with Crippen LogP contribution in [0.25, 0.3) is 0 Å². The van der Waals surface area contributed by atoms with E-state index in [1.54, 1.807) is 0 Å². The monoisotopic (exact) mass is 235 g/mol. The van der Waals surface area contributed by atoms with Crippen molar-refractivity contribution in [3.05, 3.63) is 29.8 Å². The molecule has 17 heavy (non-hydrogen) atoms. The van der Waals surface area contributed by atoms with E-state index in [0.717, 1.165) is 11.3 Å². The number of carbonyl (C=O) groups excluding carboxylic acids is 1. The van der Waals surface area contributed by atoms with Crippen molar-refractivity contribution in [2.75, 3.05) is 19.0 Å². The summed E-state index contributed by atoms with van der Waals surface area (Å²) in [5, 5.41) is 3.16. The average molecular weight is 235 g/mol. The zero-order valence-corrected chi connectivity index (χ0v) is 10.9. The second kappa shape index (κ2) is 5.68. The number of nitrogens with one attached hydrogen (secondary N) is 1. The van der Waals surface area contributed by atoms with E-state index in [4.69, 9.17) is 5.73 Å². The Morgan fingerprint density at radius 1 is 1.24 bits per heavy atom. The minimum Gasteiger partial charge on any atom is -0.378 e. The van der Waals surface area contributed by atoms with E-state index < -0.39 is 6.04 Å². The van der Waals surface area contributed by atoms with Gasteiger partial charge in [0.05, 0.1) is 0 Å². The number of nitrogens with two attached hydrogens (primary N) is 1. The quantitative estimate of drug-likeness (QED) is 0.808. The minimum atomic E-state index is -0.425. The SMILES string of the molecule is CC(C)NC(C(N)=O)c1ccc(N(C)C)cc1. The van der Waals surface area contributed by atoms with Crippen LogP contribution in [-0.4, -0.2) is 26.0 Å². The molecule has 0 radical (unpaired) electrons. The third-order valence-corrected chi connectivity index (χ3v) is 2.53. The fourth-order valence-electron chi connectivity index (χ4n) is 1.64. The number of rotatable bonds is 5. The standard InChI is InChI=1S/C13H21N3O/c1-9(2)15-12(13(14)17)10-5-7-11(8-6-10)16(3)4/h5-9,12,15H,1-4H3,(H2,14,17). The molecule has 0 aliphatic carbocycles. The largest absolute Gasteiger partial charge is 0.378 e. The van der Waals surface area contributed by atoms with Crippen LogP contribution in [0, 0.1) is 0 Å². The molecule has 1 atom stereocenters. The summed E-state index contributed by atoms with van der Waals surface area (Å²) in [6.07, 6.45) is 0. The molecule has 1 aromatic rings. The summed E-state index contributed by atoms with van der Waals surface area (Å²) in [6, 6.07) is 7.60. The van der Waals surface area contributed by atoms with Gasteiger partial charge in [0.15, 0.2) is 0 Å². The van der Waals surface area contributed by atoms with Crippen LogP contribution in [0.1, 0.15) is 25.5 Å². The Morgan fingerprint density at radius 2 is 1.76 bits per heavy atom. The predicted molar refractivity (Wildman–Crippen MR) is 71.0 cm³/mol. The molecule has 0 aromatic heterocycles. The van der Waals surface area contributed by atoms with Crippen LogP contribution >= 0.6 is 0 Å². The summed E-state index contributed by atoms with van der Waals surface area (Å²) in [6.45, 7) is 3.98. The first-order valence-corrected chi connectivity index (χ1v) is 5.74. The molecule has 0 saturated heterocycles. The third-order valence-electron chi connectivity index (χ3n) is 2.53. The van der Waals surface area contributed by atoms with Crippen LogP contribution in [0.3, 0.4) is 0 Å². The lowest BCUT2D eigenvalue weighted by atomic mass is 10.0. The second-order valence-electron chi connectivity index (χ2n) is 4.64. The lowest BCUT2D eigenvalue weighted by Gasteiger charge is -2.20. The van der Waals surface area contributed by atoms with E-state index in [1.165, 1.54) is 0 Å². The maximum atomic E-state index is 11.4. The molecule has 0 saturated carbocycles. The van der Waals surface area contributed by atoms with Crippen LogP contribution in [0.4, 0.5) is 5.69 Å². The number of anilines is 1. The Labute approximate surface area is 103 Å². The molecule has 0 bridgehead atoms. The first kappa shape index (κ1) is 13.5. The van der Waals surface area contributed by atoms with Crippen LogP contribution in [-0.2, 0) is 4.79 Å². The first-order valence-electron chi connectivity index (χ1n) is 5.74. The molecule has 3 N–H and O–H groups in total. The Kier molecular flexibility index (Phi) is 4.52. The van der Waals surface area contributed by atoms with Crippen molar-refractivity contribution in [2.45, 2.75) is 25.9 Å². The summed E-state index contributed by atoms with van der Waals surface area (Å²) < 4.78 is 0. The topological polar surface area (TPSA) is 58.4 Å². The highest BCUT2D eigenvalue weighted by atomic mass is 16.1. The van der Waals surface area contributed by atoms with Gasteiger partial charge in [0.2, 0.25) is 5.91 Å². The Hall–Kier alpha value is -1.55. The van der Waals surface area contributed by atoms with E-state index in [0.29, 0.717) is 0 Å². The fourth-order valence-corrected chi connectivity index (χ4v) is 1.64. The third kappa shape index (κ3) is 3.75. The Bertz CT molecular complexity index is 371. The van der Waals surface area contributed by atoms with Crippen molar-refractivity contribution in [1.82, 2.24) is 5.32 Å². The maximum Gasteiger partial charge on any atom is 0.239 e. The van der Waals surface area contributed by atoms with Crippen molar-refractivity contribution >= 4 is 11.6 Å². The van der Waals surface area contributed by atoms with Gasteiger partial charge in [0.1, 0.15) is 6.04 Å². The van der Waals surface area contributed by atoms with Crippen LogP contribution in [0.2, 0.25) is 0 Å².